The highest BCUT2D eigenvalue weighted by Gasteiger charge is 2.15. The van der Waals surface area contributed by atoms with Crippen LogP contribution in [0.3, 0.4) is 0 Å². The van der Waals surface area contributed by atoms with Crippen LogP contribution in [-0.2, 0) is 0 Å². The first-order valence-corrected chi connectivity index (χ1v) is 7.72. The number of nitrogens with zero attached hydrogens (tertiary/aromatic N) is 1. The van der Waals surface area contributed by atoms with E-state index < -0.39 is 0 Å². The van der Waals surface area contributed by atoms with Gasteiger partial charge in [-0.1, -0.05) is 33.3 Å². The van der Waals surface area contributed by atoms with Gasteiger partial charge in [-0.2, -0.15) is 0 Å². The summed E-state index contributed by atoms with van der Waals surface area (Å²) in [5, 5.41) is 0. The van der Waals surface area contributed by atoms with Crippen molar-refractivity contribution < 1.29 is 4.79 Å². The lowest BCUT2D eigenvalue weighted by Crippen LogP contribution is -2.33. The van der Waals surface area contributed by atoms with Gasteiger partial charge in [0, 0.05) is 12.1 Å². The summed E-state index contributed by atoms with van der Waals surface area (Å²) in [5.41, 5.74) is 4.43. The summed E-state index contributed by atoms with van der Waals surface area (Å²) in [7, 11) is 0. The highest BCUT2D eigenvalue weighted by Crippen LogP contribution is 2.16. The summed E-state index contributed by atoms with van der Waals surface area (Å²) in [6.07, 6.45) is 1.16. The third-order valence-electron chi connectivity index (χ3n) is 4.22. The van der Waals surface area contributed by atoms with E-state index in [0.717, 1.165) is 30.6 Å². The second-order valence-corrected chi connectivity index (χ2v) is 6.02. The first kappa shape index (κ1) is 16.9. The first-order valence-electron chi connectivity index (χ1n) is 7.72. The van der Waals surface area contributed by atoms with Gasteiger partial charge in [0.2, 0.25) is 0 Å². The van der Waals surface area contributed by atoms with Gasteiger partial charge in [0.1, 0.15) is 0 Å². The van der Waals surface area contributed by atoms with Crippen LogP contribution in [0.4, 0.5) is 0 Å². The molecule has 0 saturated heterocycles. The molecule has 0 aliphatic carbocycles. The topological polar surface area (TPSA) is 20.3 Å². The number of hydrogen-bond acceptors (Lipinski definition) is 2. The van der Waals surface area contributed by atoms with Gasteiger partial charge in [0.05, 0.1) is 6.54 Å². The second kappa shape index (κ2) is 7.58. The van der Waals surface area contributed by atoms with Crippen molar-refractivity contribution in [3.63, 3.8) is 0 Å². The van der Waals surface area contributed by atoms with Gasteiger partial charge in [0.15, 0.2) is 5.78 Å². The van der Waals surface area contributed by atoms with Crippen LogP contribution >= 0.6 is 0 Å². The third-order valence-corrected chi connectivity index (χ3v) is 4.22. The number of carbonyl (C=O) groups excluding carboxylic acids is 1. The smallest absolute Gasteiger partial charge is 0.177 e. The minimum atomic E-state index is 0.246. The minimum absolute atomic E-state index is 0.246. The lowest BCUT2D eigenvalue weighted by Gasteiger charge is -2.23. The highest BCUT2D eigenvalue weighted by molar-refractivity contribution is 5.99. The van der Waals surface area contributed by atoms with Crippen LogP contribution in [0, 0.1) is 26.7 Å². The van der Waals surface area contributed by atoms with Crippen molar-refractivity contribution >= 4 is 5.78 Å². The van der Waals surface area contributed by atoms with Crippen LogP contribution < -0.4 is 0 Å². The number of carbonyl (C=O) groups is 1. The van der Waals surface area contributed by atoms with E-state index in [1.165, 1.54) is 11.1 Å². The Hall–Kier alpha value is -1.15. The molecule has 0 fully saturated rings. The van der Waals surface area contributed by atoms with Crippen molar-refractivity contribution in [3.8, 4) is 0 Å². The van der Waals surface area contributed by atoms with Crippen LogP contribution in [-0.4, -0.2) is 30.3 Å². The Balaban J connectivity index is 2.82. The van der Waals surface area contributed by atoms with E-state index in [1.807, 2.05) is 13.0 Å². The maximum Gasteiger partial charge on any atom is 0.177 e. The van der Waals surface area contributed by atoms with E-state index in [2.05, 4.69) is 45.6 Å². The molecule has 0 aromatic heterocycles. The molecule has 20 heavy (non-hydrogen) atoms. The Kier molecular flexibility index (Phi) is 6.41. The second-order valence-electron chi connectivity index (χ2n) is 6.02. The molecule has 1 aromatic carbocycles. The van der Waals surface area contributed by atoms with Gasteiger partial charge < -0.3 is 0 Å². The van der Waals surface area contributed by atoms with Crippen LogP contribution in [0.5, 0.6) is 0 Å². The monoisotopic (exact) mass is 275 g/mol. The quantitative estimate of drug-likeness (QED) is 0.696. The zero-order valence-corrected chi connectivity index (χ0v) is 13.9. The Labute approximate surface area is 124 Å². The molecule has 1 unspecified atom stereocenters. The van der Waals surface area contributed by atoms with E-state index in [9.17, 15) is 4.79 Å². The number of Topliss-reactive ketones (excluding diaryl/α,β-unsaturated/α-hetero) is 1. The lowest BCUT2D eigenvalue weighted by atomic mass is 9.97. The minimum Gasteiger partial charge on any atom is -0.296 e. The summed E-state index contributed by atoms with van der Waals surface area (Å²) in [5.74, 6) is 0.888. The van der Waals surface area contributed by atoms with Gasteiger partial charge in [-0.25, -0.2) is 0 Å². The van der Waals surface area contributed by atoms with Crippen molar-refractivity contribution in [1.29, 1.82) is 0 Å². The average molecular weight is 275 g/mol. The van der Waals surface area contributed by atoms with Crippen molar-refractivity contribution in [3.05, 3.63) is 34.4 Å². The third kappa shape index (κ3) is 4.45. The summed E-state index contributed by atoms with van der Waals surface area (Å²) in [6, 6.07) is 4.16. The van der Waals surface area contributed by atoms with E-state index >= 15 is 0 Å². The number of benzene rings is 1. The van der Waals surface area contributed by atoms with Crippen LogP contribution in [0.15, 0.2) is 12.1 Å². The van der Waals surface area contributed by atoms with E-state index in [0.29, 0.717) is 12.5 Å². The van der Waals surface area contributed by atoms with Crippen molar-refractivity contribution in [2.75, 3.05) is 19.6 Å². The Morgan fingerprint density at radius 2 is 1.70 bits per heavy atom. The maximum absolute atomic E-state index is 12.5. The fourth-order valence-electron chi connectivity index (χ4n) is 2.42. The first-order chi connectivity index (χ1) is 9.38. The molecule has 1 atom stereocenters. The van der Waals surface area contributed by atoms with Gasteiger partial charge in [-0.15, -0.1) is 0 Å². The molecule has 0 spiro atoms. The van der Waals surface area contributed by atoms with Gasteiger partial charge in [0.25, 0.3) is 0 Å². The largest absolute Gasteiger partial charge is 0.296 e. The summed E-state index contributed by atoms with van der Waals surface area (Å²) >= 11 is 0. The zero-order valence-electron chi connectivity index (χ0n) is 13.9. The Morgan fingerprint density at radius 1 is 1.10 bits per heavy atom. The van der Waals surface area contributed by atoms with E-state index in [4.69, 9.17) is 0 Å². The van der Waals surface area contributed by atoms with Gasteiger partial charge in [-0.3, -0.25) is 9.69 Å². The zero-order chi connectivity index (χ0) is 15.3. The molecular formula is C18H29NO. The van der Waals surface area contributed by atoms with Crippen molar-refractivity contribution in [1.82, 2.24) is 4.90 Å². The molecule has 0 bridgehead atoms. The number of ketones is 1. The molecule has 2 heteroatoms. The standard InChI is InChI=1S/C18H29NO/c1-7-13(3)11-19(8-2)12-18(20)17-10-15(5)14(4)9-16(17)6/h9-10,13H,7-8,11-12H2,1-6H3. The Bertz CT molecular complexity index is 465. The fourth-order valence-corrected chi connectivity index (χ4v) is 2.42. The normalized spacial score (nSPS) is 12.8. The molecule has 0 heterocycles. The molecule has 112 valence electrons. The summed E-state index contributed by atoms with van der Waals surface area (Å²) in [6.45, 7) is 15.2. The predicted octanol–water partition coefficient (Wildman–Crippen LogP) is 4.16. The number of rotatable bonds is 7. The molecule has 0 aliphatic heterocycles. The van der Waals surface area contributed by atoms with Gasteiger partial charge in [-0.05, 0) is 56.0 Å². The molecular weight excluding hydrogens is 246 g/mol. The number of aryl methyl sites for hydroxylation is 3. The number of hydrogen-bond donors (Lipinski definition) is 0. The highest BCUT2D eigenvalue weighted by atomic mass is 16.1. The van der Waals surface area contributed by atoms with Crippen LogP contribution in [0.25, 0.3) is 0 Å². The average Bonchev–Trinajstić information content (AvgIpc) is 2.41. The predicted molar refractivity (Wildman–Crippen MR) is 86.6 cm³/mol. The molecule has 0 amide bonds. The van der Waals surface area contributed by atoms with E-state index in [-0.39, 0.29) is 5.78 Å². The fraction of sp³-hybridized carbons (Fsp3) is 0.611. The molecule has 0 saturated carbocycles. The summed E-state index contributed by atoms with van der Waals surface area (Å²) < 4.78 is 0. The molecule has 2 nitrogen and oxygen atoms in total. The maximum atomic E-state index is 12.5. The van der Waals surface area contributed by atoms with Gasteiger partial charge >= 0.3 is 0 Å². The molecule has 1 rings (SSSR count). The molecule has 0 N–H and O–H groups in total. The SMILES string of the molecule is CCC(C)CN(CC)CC(=O)c1cc(C)c(C)cc1C. The Morgan fingerprint density at radius 3 is 2.25 bits per heavy atom. The molecule has 0 aliphatic rings. The molecule has 1 aromatic rings. The lowest BCUT2D eigenvalue weighted by molar-refractivity contribution is 0.0923. The van der Waals surface area contributed by atoms with Crippen molar-refractivity contribution in [2.45, 2.75) is 48.0 Å². The van der Waals surface area contributed by atoms with Crippen molar-refractivity contribution in [2.24, 2.45) is 5.92 Å². The van der Waals surface area contributed by atoms with E-state index in [1.54, 1.807) is 0 Å². The van der Waals surface area contributed by atoms with Crippen LogP contribution in [0.1, 0.15) is 54.2 Å². The molecule has 0 radical (unpaired) electrons. The summed E-state index contributed by atoms with van der Waals surface area (Å²) in [4.78, 5) is 14.8. The number of likely N-dealkylation sites (N-methyl/N-ethyl adjacent to an activating group) is 1. The van der Waals surface area contributed by atoms with Crippen LogP contribution in [0.2, 0.25) is 0 Å².